The van der Waals surface area contributed by atoms with Gasteiger partial charge in [0.05, 0.1) is 0 Å². The predicted molar refractivity (Wildman–Crippen MR) is 88.2 cm³/mol. The van der Waals surface area contributed by atoms with E-state index in [4.69, 9.17) is 9.47 Å². The molecule has 1 aromatic rings. The van der Waals surface area contributed by atoms with E-state index in [1.807, 2.05) is 18.2 Å². The summed E-state index contributed by atoms with van der Waals surface area (Å²) in [4.78, 5) is 12.3. The van der Waals surface area contributed by atoms with Gasteiger partial charge in [-0.2, -0.15) is 0 Å². The van der Waals surface area contributed by atoms with Gasteiger partial charge in [-0.15, -0.1) is 0 Å². The first kappa shape index (κ1) is 15.0. The fraction of sp³-hybridized carbons (Fsp3) is 0.650. The average molecular weight is 314 g/mol. The van der Waals surface area contributed by atoms with Crippen molar-refractivity contribution in [2.45, 2.75) is 58.0 Å². The maximum absolute atomic E-state index is 12.3. The van der Waals surface area contributed by atoms with Crippen LogP contribution < -0.4 is 4.74 Å². The summed E-state index contributed by atoms with van der Waals surface area (Å²) < 4.78 is 11.2. The molecule has 0 amide bonds. The Morgan fingerprint density at radius 3 is 2.04 bits per heavy atom. The number of carbonyl (C=O) groups is 1. The first-order valence-electron chi connectivity index (χ1n) is 8.92. The molecule has 0 spiro atoms. The lowest BCUT2D eigenvalue weighted by atomic mass is 9.46. The Balaban J connectivity index is 1.48. The van der Waals surface area contributed by atoms with E-state index in [1.54, 1.807) is 12.1 Å². The van der Waals surface area contributed by atoms with Crippen molar-refractivity contribution in [3.63, 3.8) is 0 Å². The maximum atomic E-state index is 12.3. The zero-order chi connectivity index (χ0) is 16.1. The van der Waals surface area contributed by atoms with E-state index in [0.717, 1.165) is 17.8 Å². The van der Waals surface area contributed by atoms with Crippen LogP contribution in [0.4, 0.5) is 4.79 Å². The van der Waals surface area contributed by atoms with E-state index < -0.39 is 11.8 Å². The number of carbonyl (C=O) groups excluding carboxylic acids is 1. The highest BCUT2D eigenvalue weighted by molar-refractivity contribution is 5.64. The van der Waals surface area contributed by atoms with Gasteiger partial charge in [-0.1, -0.05) is 18.2 Å². The molecule has 3 heteroatoms. The second-order valence-electron chi connectivity index (χ2n) is 8.48. The van der Waals surface area contributed by atoms with Gasteiger partial charge in [0.1, 0.15) is 11.4 Å². The molecule has 4 bridgehead atoms. The summed E-state index contributed by atoms with van der Waals surface area (Å²) in [6.07, 6.45) is 7.24. The van der Waals surface area contributed by atoms with E-state index in [2.05, 4.69) is 13.8 Å². The highest BCUT2D eigenvalue weighted by Crippen LogP contribution is 2.64. The van der Waals surface area contributed by atoms with Crippen LogP contribution in [0.2, 0.25) is 0 Å². The minimum absolute atomic E-state index is 0.150. The van der Waals surface area contributed by atoms with Gasteiger partial charge in [-0.05, 0) is 82.3 Å². The zero-order valence-electron chi connectivity index (χ0n) is 14.1. The molecule has 0 radical (unpaired) electrons. The topological polar surface area (TPSA) is 35.5 Å². The minimum Gasteiger partial charge on any atom is -0.427 e. The second-order valence-corrected chi connectivity index (χ2v) is 8.48. The SMILES string of the molecule is CC(C)(OC(=O)Oc1ccccc1)C12CC3CC(CC(C3)C1)C2. The van der Waals surface area contributed by atoms with Crippen LogP contribution in [0.5, 0.6) is 5.75 Å². The highest BCUT2D eigenvalue weighted by atomic mass is 16.7. The van der Waals surface area contributed by atoms with Gasteiger partial charge in [0.15, 0.2) is 0 Å². The molecule has 1 aromatic carbocycles. The Kier molecular flexibility index (Phi) is 3.44. The van der Waals surface area contributed by atoms with Crippen molar-refractivity contribution in [2.24, 2.45) is 23.2 Å². The molecule has 124 valence electrons. The van der Waals surface area contributed by atoms with Gasteiger partial charge in [0.25, 0.3) is 0 Å². The number of hydrogen-bond donors (Lipinski definition) is 0. The van der Waals surface area contributed by atoms with E-state index in [1.165, 1.54) is 38.5 Å². The largest absolute Gasteiger partial charge is 0.514 e. The number of rotatable bonds is 3. The number of para-hydroxylation sites is 1. The van der Waals surface area contributed by atoms with Crippen LogP contribution in [0.1, 0.15) is 52.4 Å². The van der Waals surface area contributed by atoms with Crippen LogP contribution in [0, 0.1) is 23.2 Å². The first-order valence-corrected chi connectivity index (χ1v) is 8.92. The molecule has 4 aliphatic rings. The summed E-state index contributed by atoms with van der Waals surface area (Å²) in [5.41, 5.74) is -0.313. The van der Waals surface area contributed by atoms with Crippen molar-refractivity contribution in [1.29, 1.82) is 0 Å². The smallest absolute Gasteiger partial charge is 0.427 e. The summed E-state index contributed by atoms with van der Waals surface area (Å²) in [6.45, 7) is 4.18. The third-order valence-electron chi connectivity index (χ3n) is 6.60. The molecule has 0 atom stereocenters. The van der Waals surface area contributed by atoms with Gasteiger partial charge in [0.2, 0.25) is 0 Å². The third kappa shape index (κ3) is 2.64. The Labute approximate surface area is 138 Å². The Morgan fingerprint density at radius 1 is 1.00 bits per heavy atom. The second kappa shape index (κ2) is 5.25. The molecule has 4 fully saturated rings. The maximum Gasteiger partial charge on any atom is 0.514 e. The van der Waals surface area contributed by atoms with Gasteiger partial charge in [0, 0.05) is 5.41 Å². The molecule has 4 saturated carbocycles. The monoisotopic (exact) mass is 314 g/mol. The Hall–Kier alpha value is -1.51. The Bertz CT molecular complexity index is 555. The lowest BCUT2D eigenvalue weighted by Crippen LogP contribution is -2.57. The van der Waals surface area contributed by atoms with E-state index in [-0.39, 0.29) is 5.41 Å². The van der Waals surface area contributed by atoms with Gasteiger partial charge < -0.3 is 9.47 Å². The van der Waals surface area contributed by atoms with Crippen LogP contribution in [0.25, 0.3) is 0 Å². The average Bonchev–Trinajstić information content (AvgIpc) is 2.46. The summed E-state index contributed by atoms with van der Waals surface area (Å²) in [7, 11) is 0. The first-order chi connectivity index (χ1) is 11.0. The third-order valence-corrected chi connectivity index (χ3v) is 6.60. The standard InChI is InChI=1S/C20H26O3/c1-19(2,23-18(21)22-17-6-4-3-5-7-17)20-11-14-8-15(12-20)10-16(9-14)13-20/h3-7,14-16H,8-13H2,1-2H3. The summed E-state index contributed by atoms with van der Waals surface area (Å²) in [5.74, 6) is 3.07. The van der Waals surface area contributed by atoms with Crippen molar-refractivity contribution in [1.82, 2.24) is 0 Å². The molecule has 23 heavy (non-hydrogen) atoms. The zero-order valence-corrected chi connectivity index (χ0v) is 14.1. The summed E-state index contributed by atoms with van der Waals surface area (Å²) in [5, 5.41) is 0. The Morgan fingerprint density at radius 2 is 1.52 bits per heavy atom. The molecule has 4 aliphatic carbocycles. The van der Waals surface area contributed by atoms with Crippen LogP contribution in [0.15, 0.2) is 30.3 Å². The van der Waals surface area contributed by atoms with E-state index in [0.29, 0.717) is 5.75 Å². The van der Waals surface area contributed by atoms with Crippen LogP contribution >= 0.6 is 0 Å². The molecule has 0 heterocycles. The van der Waals surface area contributed by atoms with Crippen molar-refractivity contribution >= 4 is 6.16 Å². The van der Waals surface area contributed by atoms with Crippen LogP contribution in [0.3, 0.4) is 0 Å². The van der Waals surface area contributed by atoms with Crippen molar-refractivity contribution < 1.29 is 14.3 Å². The lowest BCUT2D eigenvalue weighted by Gasteiger charge is -2.61. The highest BCUT2D eigenvalue weighted by Gasteiger charge is 2.58. The molecular formula is C20H26O3. The number of ether oxygens (including phenoxy) is 2. The molecule has 0 saturated heterocycles. The van der Waals surface area contributed by atoms with Gasteiger partial charge >= 0.3 is 6.16 Å². The van der Waals surface area contributed by atoms with Crippen molar-refractivity contribution in [3.8, 4) is 5.75 Å². The predicted octanol–water partition coefficient (Wildman–Crippen LogP) is 5.20. The lowest BCUT2D eigenvalue weighted by molar-refractivity contribution is -0.168. The van der Waals surface area contributed by atoms with Crippen molar-refractivity contribution in [3.05, 3.63) is 30.3 Å². The fourth-order valence-corrected chi connectivity index (χ4v) is 5.77. The van der Waals surface area contributed by atoms with Crippen molar-refractivity contribution in [2.75, 3.05) is 0 Å². The summed E-state index contributed by atoms with van der Waals surface area (Å²) in [6, 6.07) is 9.16. The molecule has 0 aliphatic heterocycles. The summed E-state index contributed by atoms with van der Waals surface area (Å²) >= 11 is 0. The van der Waals surface area contributed by atoms with Gasteiger partial charge in [-0.25, -0.2) is 4.79 Å². The van der Waals surface area contributed by atoms with E-state index in [9.17, 15) is 4.79 Å². The molecular weight excluding hydrogens is 288 g/mol. The molecule has 0 aromatic heterocycles. The fourth-order valence-electron chi connectivity index (χ4n) is 5.77. The van der Waals surface area contributed by atoms with Crippen LogP contribution in [-0.2, 0) is 4.74 Å². The van der Waals surface area contributed by atoms with E-state index >= 15 is 0 Å². The molecule has 3 nitrogen and oxygen atoms in total. The van der Waals surface area contributed by atoms with Gasteiger partial charge in [-0.3, -0.25) is 0 Å². The molecule has 5 rings (SSSR count). The normalized spacial score (nSPS) is 35.1. The minimum atomic E-state index is -0.572. The quantitative estimate of drug-likeness (QED) is 0.568. The van der Waals surface area contributed by atoms with Crippen LogP contribution in [-0.4, -0.2) is 11.8 Å². The number of hydrogen-bond acceptors (Lipinski definition) is 3. The molecule has 0 N–H and O–H groups in total. The number of benzene rings is 1. The molecule has 0 unspecified atom stereocenters.